The van der Waals surface area contributed by atoms with Gasteiger partial charge in [0.25, 0.3) is 0 Å². The monoisotopic (exact) mass is 813 g/mol. The van der Waals surface area contributed by atoms with E-state index in [4.69, 9.17) is 42.1 Å². The normalized spacial score (nSPS) is 49.5. The third kappa shape index (κ3) is 7.36. The Hall–Kier alpha value is -0.280. The third-order valence-corrected chi connectivity index (χ3v) is 19.0. The van der Waals surface area contributed by atoms with Gasteiger partial charge in [-0.1, -0.05) is 55.4 Å². The van der Waals surface area contributed by atoms with Gasteiger partial charge in [-0.3, -0.25) is 9.59 Å². The number of carbonyl (C=O) groups is 2. The van der Waals surface area contributed by atoms with Crippen molar-refractivity contribution in [3.05, 3.63) is 0 Å². The summed E-state index contributed by atoms with van der Waals surface area (Å²) >= 11 is 12.0. The van der Waals surface area contributed by atoms with Crippen LogP contribution in [0.1, 0.15) is 145 Å². The first-order valence-corrected chi connectivity index (χ1v) is 23.0. The molecule has 6 aliphatic rings. The third-order valence-electron chi connectivity index (χ3n) is 18.4. The van der Waals surface area contributed by atoms with Crippen molar-refractivity contribution in [1.82, 2.24) is 0 Å². The van der Waals surface area contributed by atoms with Gasteiger partial charge in [0.1, 0.15) is 18.4 Å². The van der Waals surface area contributed by atoms with Crippen LogP contribution >= 0.6 is 23.2 Å². The molecule has 55 heavy (non-hydrogen) atoms. The van der Waals surface area contributed by atoms with Crippen molar-refractivity contribution in [2.24, 2.45) is 68.0 Å². The summed E-state index contributed by atoms with van der Waals surface area (Å²) in [5.74, 6) is 3.52. The van der Waals surface area contributed by atoms with E-state index >= 15 is 0 Å². The Morgan fingerprint density at radius 2 is 1.07 bits per heavy atom. The lowest BCUT2D eigenvalue weighted by atomic mass is 9.43. The first-order chi connectivity index (χ1) is 25.9. The van der Waals surface area contributed by atoms with Crippen molar-refractivity contribution in [2.75, 3.05) is 39.9 Å². The van der Waals surface area contributed by atoms with Crippen LogP contribution < -0.4 is 0 Å². The molecule has 6 rings (SSSR count). The number of halogens is 2. The molecule has 6 saturated carbocycles. The van der Waals surface area contributed by atoms with Gasteiger partial charge in [-0.25, -0.2) is 0 Å². The highest BCUT2D eigenvalue weighted by Gasteiger charge is 2.69. The number of methoxy groups -OCH3 is 3. The maximum atomic E-state index is 14.0. The number of hydrogen-bond acceptors (Lipinski definition) is 7. The lowest BCUT2D eigenvalue weighted by Gasteiger charge is -2.62. The van der Waals surface area contributed by atoms with Gasteiger partial charge in [0.2, 0.25) is 0 Å². The summed E-state index contributed by atoms with van der Waals surface area (Å²) in [4.78, 5) is 27.7. The van der Waals surface area contributed by atoms with E-state index in [2.05, 4.69) is 55.4 Å². The summed E-state index contributed by atoms with van der Waals surface area (Å²) in [6, 6.07) is 0. The van der Waals surface area contributed by atoms with E-state index in [1.54, 1.807) is 14.2 Å². The van der Waals surface area contributed by atoms with E-state index in [1.807, 2.05) is 7.11 Å². The quantitative estimate of drug-likeness (QED) is 0.164. The van der Waals surface area contributed by atoms with Gasteiger partial charge in [-0.05, 0) is 124 Å². The largest absolute Gasteiger partial charge is 0.393 e. The molecule has 4 unspecified atom stereocenters. The molecule has 1 N–H and O–H groups in total. The van der Waals surface area contributed by atoms with Crippen LogP contribution in [0.15, 0.2) is 0 Å². The lowest BCUT2D eigenvalue weighted by Crippen LogP contribution is -2.63. The summed E-state index contributed by atoms with van der Waals surface area (Å²) in [7, 11) is 5.32. The summed E-state index contributed by atoms with van der Waals surface area (Å²) < 4.78 is 23.7. The molecule has 0 aliphatic heterocycles. The molecule has 0 heterocycles. The highest BCUT2D eigenvalue weighted by atomic mass is 35.5. The molecule has 6 fully saturated rings. The Kier molecular flexibility index (Phi) is 14.5. The second-order valence-electron chi connectivity index (χ2n) is 20.5. The van der Waals surface area contributed by atoms with Crippen LogP contribution in [-0.4, -0.2) is 81.0 Å². The molecule has 16 atom stereocenters. The van der Waals surface area contributed by atoms with Crippen LogP contribution in [0.2, 0.25) is 0 Å². The fourth-order valence-electron chi connectivity index (χ4n) is 14.8. The maximum Gasteiger partial charge on any atom is 0.146 e. The predicted molar refractivity (Wildman–Crippen MR) is 221 cm³/mol. The second kappa shape index (κ2) is 17.4. The molecule has 0 radical (unpaired) electrons. The highest BCUT2D eigenvalue weighted by molar-refractivity contribution is 6.18. The number of carbonyl (C=O) groups excluding carboxylic acids is 2. The Balaban J connectivity index is 0.000000212. The molecular formula is C46H78Cl2O7. The zero-order valence-corrected chi connectivity index (χ0v) is 38.0. The Morgan fingerprint density at radius 1 is 0.655 bits per heavy atom. The van der Waals surface area contributed by atoms with Gasteiger partial charge < -0.3 is 24.1 Å². The minimum absolute atomic E-state index is 0.0103. The second-order valence-corrected chi connectivity index (χ2v) is 21.3. The number of hydrogen-bond donors (Lipinski definition) is 1. The highest BCUT2D eigenvalue weighted by Crippen LogP contribution is 2.70. The average molecular weight is 814 g/mol. The van der Waals surface area contributed by atoms with E-state index in [1.165, 1.54) is 0 Å². The van der Waals surface area contributed by atoms with E-state index in [0.717, 1.165) is 83.5 Å². The van der Waals surface area contributed by atoms with Crippen LogP contribution in [0.3, 0.4) is 0 Å². The molecule has 0 aromatic carbocycles. The number of alkyl halides is 2. The Morgan fingerprint density at radius 3 is 1.51 bits per heavy atom. The SMILES string of the molecule is COCO[C@@H]1C[C@@](C)(CCCCl)C(=O)[C@H](C)C23CC[C@@H](C)[C@]1(C)C2[C@H](OC)CC3.CO[C@@H]1CCC23CC[C@@H](C)[C@](C)(C12)[C@H](O)C[C@@](C)(CCCCl)C(=O)[C@@H]3C. The van der Waals surface area contributed by atoms with Crippen LogP contribution in [0.25, 0.3) is 0 Å². The van der Waals surface area contributed by atoms with Gasteiger partial charge in [-0.2, -0.15) is 0 Å². The van der Waals surface area contributed by atoms with Crippen LogP contribution in [0.4, 0.5) is 0 Å². The van der Waals surface area contributed by atoms with Crippen LogP contribution in [-0.2, 0) is 28.5 Å². The summed E-state index contributed by atoms with van der Waals surface area (Å²) in [6.07, 6.45) is 13.0. The molecule has 318 valence electrons. The van der Waals surface area contributed by atoms with Crippen molar-refractivity contribution in [1.29, 1.82) is 0 Å². The van der Waals surface area contributed by atoms with Crippen LogP contribution in [0, 0.1) is 68.0 Å². The average Bonchev–Trinajstić information content (AvgIpc) is 3.77. The molecule has 0 spiro atoms. The van der Waals surface area contributed by atoms with Crippen molar-refractivity contribution in [3.8, 4) is 0 Å². The maximum absolute atomic E-state index is 14.0. The van der Waals surface area contributed by atoms with Gasteiger partial charge >= 0.3 is 0 Å². The van der Waals surface area contributed by atoms with Gasteiger partial charge in [-0.15, -0.1) is 23.2 Å². The first kappa shape index (κ1) is 45.8. The number of rotatable bonds is 11. The van der Waals surface area contributed by atoms with Gasteiger partial charge in [0, 0.05) is 66.6 Å². The molecule has 9 heteroatoms. The van der Waals surface area contributed by atoms with Crippen molar-refractivity contribution < 1.29 is 33.6 Å². The smallest absolute Gasteiger partial charge is 0.146 e. The van der Waals surface area contributed by atoms with Gasteiger partial charge in [0.05, 0.1) is 24.4 Å². The topological polar surface area (TPSA) is 91.3 Å². The summed E-state index contributed by atoms with van der Waals surface area (Å²) in [5, 5.41) is 11.5. The molecule has 0 aromatic heterocycles. The van der Waals surface area contributed by atoms with Crippen LogP contribution in [0.5, 0.6) is 0 Å². The zero-order chi connectivity index (χ0) is 40.8. The molecule has 0 amide bonds. The van der Waals surface area contributed by atoms with E-state index in [-0.39, 0.29) is 64.5 Å². The van der Waals surface area contributed by atoms with Gasteiger partial charge in [0.15, 0.2) is 0 Å². The minimum Gasteiger partial charge on any atom is -0.393 e. The fraction of sp³-hybridized carbons (Fsp3) is 0.957. The Bertz CT molecular complexity index is 1350. The van der Waals surface area contributed by atoms with Crippen molar-refractivity contribution in [2.45, 2.75) is 170 Å². The Labute approximate surface area is 344 Å². The minimum atomic E-state index is -0.477. The molecule has 7 nitrogen and oxygen atoms in total. The molecular weight excluding hydrogens is 735 g/mol. The number of ether oxygens (including phenoxy) is 4. The van der Waals surface area contributed by atoms with Crippen molar-refractivity contribution >= 4 is 34.8 Å². The van der Waals surface area contributed by atoms with E-state index in [0.29, 0.717) is 47.5 Å². The first-order valence-electron chi connectivity index (χ1n) is 21.9. The number of aliphatic hydroxyl groups excluding tert-OH is 1. The zero-order valence-electron chi connectivity index (χ0n) is 36.4. The number of aliphatic hydroxyl groups is 1. The van der Waals surface area contributed by atoms with Crippen molar-refractivity contribution in [3.63, 3.8) is 0 Å². The number of Topliss-reactive ketones (excluding diaryl/α,β-unsaturated/α-hetero) is 2. The molecule has 4 bridgehead atoms. The number of ketones is 2. The van der Waals surface area contributed by atoms with E-state index < -0.39 is 16.9 Å². The standard InChI is InChI=1S/C24H41ClO4.C22H37ClO3/c1-16-8-11-24-12-9-18(28-6)20(24)23(16,4)19(29-15-27-5)14-22(3,10-7-13-25)21(26)17(24)2;1-14-7-10-22-11-8-16(26-5)18(22)21(14,4)17(24)13-20(3,9-6-12-23)19(25)15(22)2/h16-20H,7-15H2,1-6H3;14-18,24H,6-13H2,1-5H3/t16-,17+,18-,19-,20?,22-,23+,24?;14-,15+,16-,17-,18?,20-,21+,22?/m11/s1. The fourth-order valence-corrected chi connectivity index (χ4v) is 15.0. The van der Waals surface area contributed by atoms with E-state index in [9.17, 15) is 14.7 Å². The lowest BCUT2D eigenvalue weighted by molar-refractivity contribution is -0.220. The summed E-state index contributed by atoms with van der Waals surface area (Å²) in [5.41, 5.74) is -1.15. The predicted octanol–water partition coefficient (Wildman–Crippen LogP) is 10.3. The molecule has 0 saturated heterocycles. The molecule has 0 aromatic rings. The summed E-state index contributed by atoms with van der Waals surface area (Å²) in [6.45, 7) is 18.2. The molecule has 6 aliphatic carbocycles.